The van der Waals surface area contributed by atoms with Gasteiger partial charge < -0.3 is 10.2 Å². The van der Waals surface area contributed by atoms with E-state index in [1.807, 2.05) is 0 Å². The van der Waals surface area contributed by atoms with Gasteiger partial charge in [-0.1, -0.05) is 24.3 Å². The summed E-state index contributed by atoms with van der Waals surface area (Å²) >= 11 is 0. The maximum atomic E-state index is 3.41. The zero-order valence-corrected chi connectivity index (χ0v) is 11.6. The van der Waals surface area contributed by atoms with Crippen LogP contribution in [0.15, 0.2) is 42.5 Å². The number of hydrogen-bond acceptors (Lipinski definition) is 2. The minimum atomic E-state index is 0.955. The molecule has 0 aromatic heterocycles. The molecule has 3 rings (SSSR count). The second kappa shape index (κ2) is 4.96. The van der Waals surface area contributed by atoms with Crippen LogP contribution in [0, 0.1) is 6.92 Å². The Morgan fingerprint density at radius 2 is 2.05 bits per heavy atom. The van der Waals surface area contributed by atoms with Crippen LogP contribution < -0.4 is 10.2 Å². The van der Waals surface area contributed by atoms with Gasteiger partial charge in [0, 0.05) is 31.5 Å². The largest absolute Gasteiger partial charge is 0.384 e. The molecule has 1 aliphatic heterocycles. The van der Waals surface area contributed by atoms with Crippen molar-refractivity contribution >= 4 is 11.4 Å². The number of hydrogen-bond donors (Lipinski definition) is 1. The molecule has 2 aromatic carbocycles. The maximum absolute atomic E-state index is 3.41. The van der Waals surface area contributed by atoms with Crippen molar-refractivity contribution in [3.05, 3.63) is 59.2 Å². The summed E-state index contributed by atoms with van der Waals surface area (Å²) in [5, 5.41) is 3.41. The van der Waals surface area contributed by atoms with Crippen molar-refractivity contribution in [2.45, 2.75) is 19.9 Å². The van der Waals surface area contributed by atoms with Crippen LogP contribution in [-0.2, 0) is 13.0 Å². The van der Waals surface area contributed by atoms with Crippen LogP contribution in [0.1, 0.15) is 16.7 Å². The molecule has 2 nitrogen and oxygen atoms in total. The van der Waals surface area contributed by atoms with Crippen molar-refractivity contribution in [2.24, 2.45) is 0 Å². The highest BCUT2D eigenvalue weighted by Gasteiger charge is 2.10. The maximum Gasteiger partial charge on any atom is 0.0426 e. The first kappa shape index (κ1) is 12.1. The summed E-state index contributed by atoms with van der Waals surface area (Å²) in [6, 6.07) is 15.4. The lowest BCUT2D eigenvalue weighted by molar-refractivity contribution is 0.919. The molecule has 1 N–H and O–H groups in total. The third kappa shape index (κ3) is 2.58. The number of anilines is 2. The first-order valence-corrected chi connectivity index (χ1v) is 6.86. The fourth-order valence-corrected chi connectivity index (χ4v) is 2.69. The molecule has 98 valence electrons. The van der Waals surface area contributed by atoms with Crippen molar-refractivity contribution in [2.75, 3.05) is 23.8 Å². The normalized spacial score (nSPS) is 12.9. The molecule has 0 bridgehead atoms. The topological polar surface area (TPSA) is 15.3 Å². The molecule has 0 atom stereocenters. The number of nitrogens with one attached hydrogen (secondary N) is 1. The average molecular weight is 252 g/mol. The van der Waals surface area contributed by atoms with Gasteiger partial charge in [-0.05, 0) is 48.2 Å². The van der Waals surface area contributed by atoms with Crippen molar-refractivity contribution in [3.63, 3.8) is 0 Å². The SMILES string of the molecule is Cc1cccc(N(C)Cc2ccc3c(c2)CCN3)c1. The van der Waals surface area contributed by atoms with Gasteiger partial charge in [0.05, 0.1) is 0 Å². The number of nitrogens with zero attached hydrogens (tertiary/aromatic N) is 1. The Morgan fingerprint density at radius 1 is 1.16 bits per heavy atom. The van der Waals surface area contributed by atoms with Crippen LogP contribution in [-0.4, -0.2) is 13.6 Å². The Morgan fingerprint density at radius 3 is 2.89 bits per heavy atom. The van der Waals surface area contributed by atoms with Gasteiger partial charge in [-0.15, -0.1) is 0 Å². The Labute approximate surface area is 115 Å². The second-order valence-corrected chi connectivity index (χ2v) is 5.36. The third-order valence-corrected chi connectivity index (χ3v) is 3.74. The smallest absolute Gasteiger partial charge is 0.0426 e. The van der Waals surface area contributed by atoms with Gasteiger partial charge in [0.1, 0.15) is 0 Å². The Balaban J connectivity index is 1.77. The van der Waals surface area contributed by atoms with E-state index in [1.54, 1.807) is 0 Å². The molecule has 19 heavy (non-hydrogen) atoms. The highest BCUT2D eigenvalue weighted by molar-refractivity contribution is 5.57. The van der Waals surface area contributed by atoms with Crippen molar-refractivity contribution < 1.29 is 0 Å². The molecular weight excluding hydrogens is 232 g/mol. The summed E-state index contributed by atoms with van der Waals surface area (Å²) in [4.78, 5) is 2.30. The zero-order chi connectivity index (χ0) is 13.2. The molecule has 0 saturated heterocycles. The predicted molar refractivity (Wildman–Crippen MR) is 81.9 cm³/mol. The zero-order valence-electron chi connectivity index (χ0n) is 11.6. The van der Waals surface area contributed by atoms with Crippen LogP contribution in [0.25, 0.3) is 0 Å². The molecule has 0 aliphatic carbocycles. The van der Waals surface area contributed by atoms with Gasteiger partial charge in [-0.3, -0.25) is 0 Å². The minimum absolute atomic E-state index is 0.955. The van der Waals surface area contributed by atoms with Crippen molar-refractivity contribution in [1.82, 2.24) is 0 Å². The third-order valence-electron chi connectivity index (χ3n) is 3.74. The number of rotatable bonds is 3. The fraction of sp³-hybridized carbons (Fsp3) is 0.294. The van der Waals surface area contributed by atoms with Crippen LogP contribution in [0.5, 0.6) is 0 Å². The van der Waals surface area contributed by atoms with E-state index in [2.05, 4.69) is 66.7 Å². The van der Waals surface area contributed by atoms with E-state index in [9.17, 15) is 0 Å². The highest BCUT2D eigenvalue weighted by atomic mass is 15.1. The van der Waals surface area contributed by atoms with Gasteiger partial charge in [0.15, 0.2) is 0 Å². The van der Waals surface area contributed by atoms with Crippen LogP contribution in [0.4, 0.5) is 11.4 Å². The monoisotopic (exact) mass is 252 g/mol. The van der Waals surface area contributed by atoms with Crippen LogP contribution >= 0.6 is 0 Å². The molecule has 0 unspecified atom stereocenters. The lowest BCUT2D eigenvalue weighted by atomic mass is 10.1. The summed E-state index contributed by atoms with van der Waals surface area (Å²) in [6.07, 6.45) is 1.15. The molecule has 0 saturated carbocycles. The first-order chi connectivity index (χ1) is 9.22. The lowest BCUT2D eigenvalue weighted by Crippen LogP contribution is -2.16. The Hall–Kier alpha value is -1.96. The summed E-state index contributed by atoms with van der Waals surface area (Å²) in [7, 11) is 2.15. The molecule has 1 aliphatic rings. The van der Waals surface area contributed by atoms with E-state index < -0.39 is 0 Å². The summed E-state index contributed by atoms with van der Waals surface area (Å²) in [6.45, 7) is 4.17. The van der Waals surface area contributed by atoms with Crippen molar-refractivity contribution in [1.29, 1.82) is 0 Å². The van der Waals surface area contributed by atoms with E-state index in [-0.39, 0.29) is 0 Å². The van der Waals surface area contributed by atoms with E-state index in [4.69, 9.17) is 0 Å². The van der Waals surface area contributed by atoms with E-state index >= 15 is 0 Å². The van der Waals surface area contributed by atoms with E-state index in [0.717, 1.165) is 19.5 Å². The predicted octanol–water partition coefficient (Wildman–Crippen LogP) is 3.60. The van der Waals surface area contributed by atoms with Gasteiger partial charge in [0.2, 0.25) is 0 Å². The molecule has 0 radical (unpaired) electrons. The summed E-state index contributed by atoms with van der Waals surface area (Å²) in [5.41, 5.74) is 6.73. The number of aryl methyl sites for hydroxylation is 1. The van der Waals surface area contributed by atoms with Gasteiger partial charge >= 0.3 is 0 Å². The molecule has 2 heteroatoms. The molecule has 0 fully saturated rings. The lowest BCUT2D eigenvalue weighted by Gasteiger charge is -2.20. The van der Waals surface area contributed by atoms with Crippen LogP contribution in [0.2, 0.25) is 0 Å². The Kier molecular flexibility index (Phi) is 3.16. The molecular formula is C17H20N2. The Bertz CT molecular complexity index is 590. The first-order valence-electron chi connectivity index (χ1n) is 6.86. The van der Waals surface area contributed by atoms with Crippen molar-refractivity contribution in [3.8, 4) is 0 Å². The molecule has 0 spiro atoms. The minimum Gasteiger partial charge on any atom is -0.384 e. The molecule has 2 aromatic rings. The summed E-state index contributed by atoms with van der Waals surface area (Å²) in [5.74, 6) is 0. The van der Waals surface area contributed by atoms with E-state index in [0.29, 0.717) is 0 Å². The summed E-state index contributed by atoms with van der Waals surface area (Å²) < 4.78 is 0. The average Bonchev–Trinajstić information content (AvgIpc) is 2.86. The highest BCUT2D eigenvalue weighted by Crippen LogP contribution is 2.24. The second-order valence-electron chi connectivity index (χ2n) is 5.36. The van der Waals surface area contributed by atoms with Gasteiger partial charge in [-0.2, -0.15) is 0 Å². The van der Waals surface area contributed by atoms with E-state index in [1.165, 1.54) is 28.1 Å². The number of fused-ring (bicyclic) bond motifs is 1. The van der Waals surface area contributed by atoms with Gasteiger partial charge in [-0.25, -0.2) is 0 Å². The number of benzene rings is 2. The fourth-order valence-electron chi connectivity index (χ4n) is 2.69. The standard InChI is InChI=1S/C17H20N2/c1-13-4-3-5-16(10-13)19(2)12-14-6-7-17-15(11-14)8-9-18-17/h3-7,10-11,18H,8-9,12H2,1-2H3. The molecule has 0 amide bonds. The molecule has 1 heterocycles. The van der Waals surface area contributed by atoms with Crippen LogP contribution in [0.3, 0.4) is 0 Å². The quantitative estimate of drug-likeness (QED) is 0.898. The van der Waals surface area contributed by atoms with Gasteiger partial charge in [0.25, 0.3) is 0 Å².